The van der Waals surface area contributed by atoms with Crippen molar-refractivity contribution in [1.29, 1.82) is 0 Å². The third-order valence-electron chi connectivity index (χ3n) is 1.43. The molecule has 70 valence electrons. The van der Waals surface area contributed by atoms with Crippen molar-refractivity contribution in [3.63, 3.8) is 0 Å². The quantitative estimate of drug-likeness (QED) is 0.810. The number of hydrogen-bond acceptors (Lipinski definition) is 2. The minimum absolute atomic E-state index is 0.383. The maximum atomic E-state index is 12.6. The molecule has 1 N–H and O–H groups in total. The monoisotopic (exact) mass is 200 g/mol. The van der Waals surface area contributed by atoms with Gasteiger partial charge in [-0.15, -0.1) is 11.8 Å². The first-order valence-electron chi connectivity index (χ1n) is 3.72. The van der Waals surface area contributed by atoms with E-state index >= 15 is 0 Å². The Hall–Kier alpha value is -1.03. The predicted octanol–water partition coefficient (Wildman–Crippen LogP) is 2.30. The maximum absolute atomic E-state index is 12.6. The highest BCUT2D eigenvalue weighted by molar-refractivity contribution is 7.99. The first kappa shape index (κ1) is 10.1. The van der Waals surface area contributed by atoms with Crippen LogP contribution in [0.25, 0.3) is 0 Å². The fourth-order valence-electron chi connectivity index (χ4n) is 0.815. The summed E-state index contributed by atoms with van der Waals surface area (Å²) in [6.07, 6.45) is 0. The Bertz CT molecular complexity index is 276. The summed E-state index contributed by atoms with van der Waals surface area (Å²) in [7, 11) is 0. The van der Waals surface area contributed by atoms with Gasteiger partial charge in [0, 0.05) is 5.75 Å². The highest BCUT2D eigenvalue weighted by Gasteiger charge is 2.15. The van der Waals surface area contributed by atoms with Crippen molar-refractivity contribution in [3.8, 4) is 0 Å². The summed E-state index contributed by atoms with van der Waals surface area (Å²) < 4.78 is 12.6. The molecule has 0 aliphatic rings. The predicted molar refractivity (Wildman–Crippen MR) is 50.3 cm³/mol. The highest BCUT2D eigenvalue weighted by Crippen LogP contribution is 2.18. The van der Waals surface area contributed by atoms with E-state index in [9.17, 15) is 9.18 Å². The van der Waals surface area contributed by atoms with Gasteiger partial charge in [-0.25, -0.2) is 9.18 Å². The lowest BCUT2D eigenvalue weighted by Gasteiger charge is -2.02. The summed E-state index contributed by atoms with van der Waals surface area (Å²) in [5, 5.41) is 8.26. The number of carboxylic acids is 1. The molecule has 0 aromatic heterocycles. The number of hydrogen-bond donors (Lipinski definition) is 1. The van der Waals surface area contributed by atoms with Crippen LogP contribution in [0.2, 0.25) is 0 Å². The second kappa shape index (κ2) is 4.87. The molecule has 1 rings (SSSR count). The number of alkyl halides is 1. The van der Waals surface area contributed by atoms with Crippen LogP contribution < -0.4 is 0 Å². The minimum atomic E-state index is -1.83. The molecule has 0 amide bonds. The van der Waals surface area contributed by atoms with Crippen molar-refractivity contribution in [2.24, 2.45) is 0 Å². The highest BCUT2D eigenvalue weighted by atomic mass is 32.2. The van der Waals surface area contributed by atoms with Gasteiger partial charge >= 0.3 is 5.97 Å². The molecule has 1 aromatic carbocycles. The molecular formula is C9H9FO2S. The summed E-state index contributed by atoms with van der Waals surface area (Å²) in [5.74, 6) is -1.03. The van der Waals surface area contributed by atoms with Gasteiger partial charge in [0.05, 0.1) is 0 Å². The van der Waals surface area contributed by atoms with Gasteiger partial charge in [0.25, 0.3) is 0 Å². The Kier molecular flexibility index (Phi) is 3.76. The Balaban J connectivity index is 2.39. The lowest BCUT2D eigenvalue weighted by molar-refractivity contribution is -0.139. The molecule has 0 saturated carbocycles. The molecule has 1 atom stereocenters. The van der Waals surface area contributed by atoms with Gasteiger partial charge in [0.1, 0.15) is 0 Å². The number of aliphatic carboxylic acids is 1. The van der Waals surface area contributed by atoms with Gasteiger partial charge in [-0.2, -0.15) is 0 Å². The molecule has 0 spiro atoms. The molecule has 0 fully saturated rings. The Morgan fingerprint density at radius 1 is 1.46 bits per heavy atom. The molecule has 13 heavy (non-hydrogen) atoms. The van der Waals surface area contributed by atoms with Crippen LogP contribution in [0.3, 0.4) is 0 Å². The van der Waals surface area contributed by atoms with E-state index in [4.69, 9.17) is 5.11 Å². The third kappa shape index (κ3) is 3.46. The molecule has 0 aliphatic carbocycles. The first-order valence-corrected chi connectivity index (χ1v) is 4.77. The SMILES string of the molecule is O=C(O)C(F)SCc1ccccc1. The molecule has 4 heteroatoms. The van der Waals surface area contributed by atoms with Gasteiger partial charge in [-0.05, 0) is 5.56 Å². The summed E-state index contributed by atoms with van der Waals surface area (Å²) in [4.78, 5) is 10.1. The second-order valence-corrected chi connectivity index (χ2v) is 3.49. The van der Waals surface area contributed by atoms with Crippen molar-refractivity contribution < 1.29 is 14.3 Å². The zero-order valence-corrected chi connectivity index (χ0v) is 7.63. The summed E-state index contributed by atoms with van der Waals surface area (Å²) in [6, 6.07) is 9.20. The number of carbonyl (C=O) groups is 1. The van der Waals surface area contributed by atoms with E-state index in [1.807, 2.05) is 30.3 Å². The lowest BCUT2D eigenvalue weighted by atomic mass is 10.2. The van der Waals surface area contributed by atoms with E-state index in [2.05, 4.69) is 0 Å². The van der Waals surface area contributed by atoms with E-state index in [1.165, 1.54) is 0 Å². The van der Waals surface area contributed by atoms with E-state index in [1.54, 1.807) is 0 Å². The molecule has 2 nitrogen and oxygen atoms in total. The Labute approximate surface area is 79.8 Å². The maximum Gasteiger partial charge on any atom is 0.348 e. The number of rotatable bonds is 4. The van der Waals surface area contributed by atoms with Crippen LogP contribution in [0.1, 0.15) is 5.56 Å². The summed E-state index contributed by atoms with van der Waals surface area (Å²) in [5.41, 5.74) is -0.906. The fourth-order valence-corrected chi connectivity index (χ4v) is 1.49. The summed E-state index contributed by atoms with van der Waals surface area (Å²) in [6.45, 7) is 0. The van der Waals surface area contributed by atoms with Gasteiger partial charge in [-0.3, -0.25) is 0 Å². The zero-order chi connectivity index (χ0) is 9.68. The lowest BCUT2D eigenvalue weighted by Crippen LogP contribution is -2.09. The Morgan fingerprint density at radius 2 is 2.08 bits per heavy atom. The summed E-state index contributed by atoms with van der Waals surface area (Å²) >= 11 is 0.771. The van der Waals surface area contributed by atoms with Crippen molar-refractivity contribution in [2.45, 2.75) is 11.3 Å². The minimum Gasteiger partial charge on any atom is -0.478 e. The van der Waals surface area contributed by atoms with Gasteiger partial charge in [0.2, 0.25) is 5.50 Å². The van der Waals surface area contributed by atoms with Crippen molar-refractivity contribution in [1.82, 2.24) is 0 Å². The second-order valence-electron chi connectivity index (χ2n) is 2.45. The van der Waals surface area contributed by atoms with Gasteiger partial charge in [0.15, 0.2) is 0 Å². The van der Waals surface area contributed by atoms with Crippen LogP contribution in [0.15, 0.2) is 30.3 Å². The number of thioether (sulfide) groups is 1. The first-order chi connectivity index (χ1) is 6.20. The molecule has 0 heterocycles. The molecular weight excluding hydrogens is 191 g/mol. The van der Waals surface area contributed by atoms with Crippen LogP contribution in [-0.4, -0.2) is 16.6 Å². The van der Waals surface area contributed by atoms with Crippen LogP contribution in [0.5, 0.6) is 0 Å². The largest absolute Gasteiger partial charge is 0.478 e. The standard InChI is InChI=1S/C9H9FO2S/c10-8(9(11)12)13-6-7-4-2-1-3-5-7/h1-5,8H,6H2,(H,11,12). The van der Waals surface area contributed by atoms with E-state index in [0.29, 0.717) is 5.75 Å². The fraction of sp³-hybridized carbons (Fsp3) is 0.222. The average molecular weight is 200 g/mol. The van der Waals surface area contributed by atoms with Crippen LogP contribution in [0.4, 0.5) is 4.39 Å². The average Bonchev–Trinajstić information content (AvgIpc) is 2.15. The normalized spacial score (nSPS) is 12.4. The van der Waals surface area contributed by atoms with E-state index in [0.717, 1.165) is 17.3 Å². The van der Waals surface area contributed by atoms with Crippen molar-refractivity contribution >= 4 is 17.7 Å². The van der Waals surface area contributed by atoms with Gasteiger partial charge < -0.3 is 5.11 Å². The van der Waals surface area contributed by atoms with Gasteiger partial charge in [-0.1, -0.05) is 30.3 Å². The van der Waals surface area contributed by atoms with Crippen LogP contribution in [0, 0.1) is 0 Å². The van der Waals surface area contributed by atoms with E-state index in [-0.39, 0.29) is 0 Å². The molecule has 1 aromatic rings. The Morgan fingerprint density at radius 3 is 2.62 bits per heavy atom. The van der Waals surface area contributed by atoms with E-state index < -0.39 is 11.5 Å². The molecule has 0 saturated heterocycles. The smallest absolute Gasteiger partial charge is 0.348 e. The van der Waals surface area contributed by atoms with Crippen molar-refractivity contribution in [3.05, 3.63) is 35.9 Å². The van der Waals surface area contributed by atoms with Crippen molar-refractivity contribution in [2.75, 3.05) is 0 Å². The molecule has 1 unspecified atom stereocenters. The zero-order valence-electron chi connectivity index (χ0n) is 6.81. The molecule has 0 radical (unpaired) electrons. The topological polar surface area (TPSA) is 37.3 Å². The number of halogens is 1. The molecule has 0 bridgehead atoms. The number of benzene rings is 1. The van der Waals surface area contributed by atoms with Crippen LogP contribution >= 0.6 is 11.8 Å². The molecule has 0 aliphatic heterocycles. The third-order valence-corrected chi connectivity index (χ3v) is 2.43. The number of carboxylic acid groups (broad SMARTS) is 1. The van der Waals surface area contributed by atoms with Crippen LogP contribution in [-0.2, 0) is 10.5 Å².